The lowest BCUT2D eigenvalue weighted by Crippen LogP contribution is -2.58. The average Bonchev–Trinajstić information content (AvgIpc) is 2.85. The Morgan fingerprint density at radius 3 is 2.42 bits per heavy atom. The van der Waals surface area contributed by atoms with Crippen LogP contribution in [0.1, 0.15) is 12.8 Å². The zero-order chi connectivity index (χ0) is 25.5. The van der Waals surface area contributed by atoms with Gasteiger partial charge in [0, 0.05) is 43.9 Å². The summed E-state index contributed by atoms with van der Waals surface area (Å²) in [5.74, 6) is 0.375. The van der Waals surface area contributed by atoms with Crippen molar-refractivity contribution >= 4 is 55.7 Å². The number of aliphatic hydroxyl groups is 1. The summed E-state index contributed by atoms with van der Waals surface area (Å²) in [6.07, 6.45) is 2.48. The van der Waals surface area contributed by atoms with Gasteiger partial charge < -0.3 is 14.9 Å². The van der Waals surface area contributed by atoms with E-state index in [9.17, 15) is 18.3 Å². The summed E-state index contributed by atoms with van der Waals surface area (Å²) in [6, 6.07) is 11.9. The van der Waals surface area contributed by atoms with E-state index in [1.54, 1.807) is 47.5 Å². The molecule has 0 spiro atoms. The molecule has 2 aliphatic heterocycles. The number of rotatable bonds is 5. The molecule has 12 heteroatoms. The molecule has 36 heavy (non-hydrogen) atoms. The van der Waals surface area contributed by atoms with Gasteiger partial charge in [-0.2, -0.15) is 4.31 Å². The summed E-state index contributed by atoms with van der Waals surface area (Å²) in [5, 5.41) is 13.5. The van der Waals surface area contributed by atoms with Crippen molar-refractivity contribution in [2.75, 3.05) is 44.2 Å². The van der Waals surface area contributed by atoms with Gasteiger partial charge in [-0.15, -0.1) is 0 Å². The maximum atomic E-state index is 13.3. The van der Waals surface area contributed by atoms with E-state index >= 15 is 0 Å². The number of sulfonamides is 1. The highest BCUT2D eigenvalue weighted by Crippen LogP contribution is 2.29. The summed E-state index contributed by atoms with van der Waals surface area (Å²) in [5.41, 5.74) is -1.05. The second kappa shape index (κ2) is 9.75. The second-order valence-electron chi connectivity index (χ2n) is 9.20. The molecule has 1 amide bonds. The molecule has 0 radical (unpaired) electrons. The highest BCUT2D eigenvalue weighted by molar-refractivity contribution is 7.89. The number of hydrogen-bond donors (Lipinski definition) is 1. The van der Waals surface area contributed by atoms with Crippen molar-refractivity contribution in [3.63, 3.8) is 0 Å². The smallest absolute Gasteiger partial charge is 0.243 e. The first-order valence-electron chi connectivity index (χ1n) is 11.6. The van der Waals surface area contributed by atoms with Crippen LogP contribution in [0, 0.1) is 0 Å². The van der Waals surface area contributed by atoms with Gasteiger partial charge in [0.2, 0.25) is 21.2 Å². The molecule has 3 aromatic rings. The Balaban J connectivity index is 1.22. The minimum Gasteiger partial charge on any atom is -0.388 e. The summed E-state index contributed by atoms with van der Waals surface area (Å²) >= 11 is 11.9. The number of piperazine rings is 1. The largest absolute Gasteiger partial charge is 0.388 e. The fraction of sp³-hybridized carbons (Fsp3) is 0.375. The zero-order valence-corrected chi connectivity index (χ0v) is 21.7. The summed E-state index contributed by atoms with van der Waals surface area (Å²) < 4.78 is 27.7. The molecule has 5 rings (SSSR count). The molecule has 2 aliphatic rings. The topological polar surface area (TPSA) is 107 Å². The third-order valence-electron chi connectivity index (χ3n) is 6.81. The van der Waals surface area contributed by atoms with Crippen LogP contribution in [0.25, 0.3) is 10.8 Å². The van der Waals surface area contributed by atoms with Crippen LogP contribution in [0.2, 0.25) is 10.3 Å². The van der Waals surface area contributed by atoms with Gasteiger partial charge in [0.1, 0.15) is 5.82 Å². The number of carbonyl (C=O) groups excluding carboxylic acids is 1. The predicted octanol–water partition coefficient (Wildman–Crippen LogP) is 2.80. The molecule has 0 aliphatic carbocycles. The Morgan fingerprint density at radius 2 is 1.69 bits per heavy atom. The molecule has 0 saturated carbocycles. The molecular weight excluding hydrogens is 525 g/mol. The molecule has 2 fully saturated rings. The molecule has 0 unspecified atom stereocenters. The number of benzene rings is 2. The van der Waals surface area contributed by atoms with Crippen molar-refractivity contribution in [3.05, 3.63) is 59.0 Å². The number of hydrogen-bond acceptors (Lipinski definition) is 7. The van der Waals surface area contributed by atoms with E-state index in [-0.39, 0.29) is 42.3 Å². The maximum absolute atomic E-state index is 13.3. The first kappa shape index (κ1) is 25.2. The van der Waals surface area contributed by atoms with E-state index in [0.29, 0.717) is 36.8 Å². The van der Waals surface area contributed by atoms with Gasteiger partial charge in [0.15, 0.2) is 0 Å². The van der Waals surface area contributed by atoms with Crippen molar-refractivity contribution in [3.8, 4) is 0 Å². The minimum atomic E-state index is -3.85. The van der Waals surface area contributed by atoms with Gasteiger partial charge in [0.25, 0.3) is 0 Å². The molecular formula is C24H25Cl2N5O4S. The van der Waals surface area contributed by atoms with Gasteiger partial charge >= 0.3 is 0 Å². The van der Waals surface area contributed by atoms with Crippen LogP contribution >= 0.6 is 23.2 Å². The third kappa shape index (κ3) is 5.14. The Labute approximate surface area is 219 Å². The molecule has 3 heterocycles. The lowest BCUT2D eigenvalue weighted by atomic mass is 9.90. The Kier molecular flexibility index (Phi) is 6.82. The molecule has 190 valence electrons. The lowest BCUT2D eigenvalue weighted by molar-refractivity contribution is -0.138. The van der Waals surface area contributed by atoms with E-state index in [1.807, 2.05) is 4.90 Å². The number of halogens is 2. The quantitative estimate of drug-likeness (QED) is 0.487. The Bertz CT molecular complexity index is 1410. The Morgan fingerprint density at radius 1 is 0.972 bits per heavy atom. The number of fused-ring (bicyclic) bond motifs is 1. The van der Waals surface area contributed by atoms with E-state index < -0.39 is 15.6 Å². The second-order valence-corrected chi connectivity index (χ2v) is 11.9. The van der Waals surface area contributed by atoms with E-state index in [1.165, 1.54) is 10.4 Å². The number of anilines is 1. The Hall–Kier alpha value is -2.50. The van der Waals surface area contributed by atoms with Crippen molar-refractivity contribution in [2.45, 2.75) is 23.3 Å². The highest BCUT2D eigenvalue weighted by Gasteiger charge is 2.39. The molecule has 0 bridgehead atoms. The third-order valence-corrected chi connectivity index (χ3v) is 9.07. The van der Waals surface area contributed by atoms with Crippen LogP contribution in [0.5, 0.6) is 0 Å². The van der Waals surface area contributed by atoms with Crippen LogP contribution in [0.3, 0.4) is 0 Å². The summed E-state index contributed by atoms with van der Waals surface area (Å²) in [6.45, 7) is 1.39. The summed E-state index contributed by atoms with van der Waals surface area (Å²) in [7, 11) is -3.85. The van der Waals surface area contributed by atoms with Crippen molar-refractivity contribution in [1.82, 2.24) is 19.2 Å². The zero-order valence-electron chi connectivity index (χ0n) is 19.3. The van der Waals surface area contributed by atoms with Crippen LogP contribution in [0.15, 0.2) is 53.6 Å². The number of aromatic nitrogens is 2. The van der Waals surface area contributed by atoms with Crippen molar-refractivity contribution < 1.29 is 18.3 Å². The molecule has 2 saturated heterocycles. The van der Waals surface area contributed by atoms with Crippen LogP contribution in [0.4, 0.5) is 5.82 Å². The minimum absolute atomic E-state index is 0.134. The molecule has 9 nitrogen and oxygen atoms in total. The van der Waals surface area contributed by atoms with Gasteiger partial charge in [-0.1, -0.05) is 23.7 Å². The fourth-order valence-corrected chi connectivity index (χ4v) is 6.47. The molecule has 0 atom stereocenters. The summed E-state index contributed by atoms with van der Waals surface area (Å²) in [4.78, 5) is 24.7. The highest BCUT2D eigenvalue weighted by atomic mass is 35.5. The van der Waals surface area contributed by atoms with Gasteiger partial charge in [-0.3, -0.25) is 4.79 Å². The molecule has 1 aromatic heterocycles. The predicted molar refractivity (Wildman–Crippen MR) is 138 cm³/mol. The average molecular weight is 550 g/mol. The monoisotopic (exact) mass is 549 g/mol. The van der Waals surface area contributed by atoms with Crippen molar-refractivity contribution in [1.29, 1.82) is 0 Å². The van der Waals surface area contributed by atoms with E-state index in [0.717, 1.165) is 10.8 Å². The number of carbonyl (C=O) groups is 1. The van der Waals surface area contributed by atoms with Crippen LogP contribution in [-0.2, 0) is 14.8 Å². The van der Waals surface area contributed by atoms with Gasteiger partial charge in [-0.25, -0.2) is 18.4 Å². The first-order chi connectivity index (χ1) is 17.1. The number of β-amino-alcohol motifs (C(OH)–C–C–N with tert-alkyl or cyclic N) is 1. The maximum Gasteiger partial charge on any atom is 0.243 e. The number of nitrogens with zero attached hydrogens (tertiary/aromatic N) is 5. The fourth-order valence-electron chi connectivity index (χ4n) is 4.73. The van der Waals surface area contributed by atoms with Crippen LogP contribution in [-0.4, -0.2) is 83.5 Å². The molecule has 1 N–H and O–H groups in total. The van der Waals surface area contributed by atoms with Gasteiger partial charge in [0.05, 0.1) is 17.0 Å². The number of piperidine rings is 1. The van der Waals surface area contributed by atoms with E-state index in [4.69, 9.17) is 23.2 Å². The number of amides is 1. The standard InChI is InChI=1S/C24H25Cl2N5O4S/c25-19-3-1-18-14-20(4-2-17(18)13-19)36(34,35)31-12-11-30(22(32)15-31)16-24(33)6-9-29(10-7-24)21-5-8-27-23(26)28-21/h1-5,8,13-14,33H,6-7,9-12,15-16H2. The first-order valence-corrected chi connectivity index (χ1v) is 13.8. The van der Waals surface area contributed by atoms with Crippen LogP contribution < -0.4 is 4.90 Å². The lowest BCUT2D eigenvalue weighted by Gasteiger charge is -2.43. The molecule has 2 aromatic carbocycles. The van der Waals surface area contributed by atoms with Gasteiger partial charge in [-0.05, 0) is 65.5 Å². The van der Waals surface area contributed by atoms with Crippen molar-refractivity contribution in [2.24, 2.45) is 0 Å². The SMILES string of the molecule is O=C1CN(S(=O)(=O)c2ccc3cc(Cl)ccc3c2)CCN1CC1(O)CCN(c2ccnc(Cl)n2)CC1. The van der Waals surface area contributed by atoms with E-state index in [2.05, 4.69) is 9.97 Å². The normalized spacial score (nSPS) is 19.1.